The van der Waals surface area contributed by atoms with E-state index in [9.17, 15) is 0 Å². The fourth-order valence-corrected chi connectivity index (χ4v) is 1.31. The van der Waals surface area contributed by atoms with Crippen molar-refractivity contribution in [3.63, 3.8) is 0 Å². The molecule has 1 heterocycles. The summed E-state index contributed by atoms with van der Waals surface area (Å²) in [5.74, 6) is 0. The van der Waals surface area contributed by atoms with Gasteiger partial charge >= 0.3 is 0 Å². The average molecular weight is 193 g/mol. The predicted octanol–water partition coefficient (Wildman–Crippen LogP) is 1.25. The van der Waals surface area contributed by atoms with Gasteiger partial charge in [-0.2, -0.15) is 0 Å². The fraction of sp³-hybridized carbons (Fsp3) is 0.545. The summed E-state index contributed by atoms with van der Waals surface area (Å²) >= 11 is 0. The molecule has 0 aliphatic carbocycles. The molecule has 0 fully saturated rings. The van der Waals surface area contributed by atoms with Crippen molar-refractivity contribution in [2.45, 2.75) is 25.9 Å². The smallest absolute Gasteiger partial charge is 0.0312 e. The van der Waals surface area contributed by atoms with Gasteiger partial charge in [0.1, 0.15) is 0 Å². The first-order valence-corrected chi connectivity index (χ1v) is 5.01. The second-order valence-corrected chi connectivity index (χ2v) is 3.87. The third kappa shape index (κ3) is 4.35. The summed E-state index contributed by atoms with van der Waals surface area (Å²) in [5.41, 5.74) is 6.94. The van der Waals surface area contributed by atoms with E-state index in [1.54, 1.807) is 6.20 Å². The summed E-state index contributed by atoms with van der Waals surface area (Å²) in [6.45, 7) is 4.02. The van der Waals surface area contributed by atoms with E-state index in [1.165, 1.54) is 5.56 Å². The van der Waals surface area contributed by atoms with Crippen molar-refractivity contribution in [1.82, 2.24) is 9.88 Å². The Hall–Kier alpha value is -0.930. The maximum absolute atomic E-state index is 5.70. The predicted molar refractivity (Wildman–Crippen MR) is 58.8 cm³/mol. The van der Waals surface area contributed by atoms with E-state index in [1.807, 2.05) is 19.2 Å². The Morgan fingerprint density at radius 1 is 1.57 bits per heavy atom. The van der Waals surface area contributed by atoms with Gasteiger partial charge in [0.25, 0.3) is 0 Å². The molecule has 0 spiro atoms. The molecule has 1 rings (SSSR count). The van der Waals surface area contributed by atoms with Crippen LogP contribution in [0.25, 0.3) is 0 Å². The number of aromatic nitrogens is 1. The van der Waals surface area contributed by atoms with Crippen LogP contribution < -0.4 is 5.73 Å². The van der Waals surface area contributed by atoms with Gasteiger partial charge in [0.05, 0.1) is 0 Å². The zero-order valence-electron chi connectivity index (χ0n) is 8.98. The minimum atomic E-state index is 0.284. The lowest BCUT2D eigenvalue weighted by molar-refractivity contribution is 0.313. The molecule has 2 N–H and O–H groups in total. The van der Waals surface area contributed by atoms with Crippen LogP contribution in [0.15, 0.2) is 24.5 Å². The topological polar surface area (TPSA) is 42.1 Å². The van der Waals surface area contributed by atoms with Gasteiger partial charge in [-0.15, -0.1) is 0 Å². The summed E-state index contributed by atoms with van der Waals surface area (Å²) in [7, 11) is 2.11. The normalized spacial score (nSPS) is 13.1. The van der Waals surface area contributed by atoms with E-state index in [0.29, 0.717) is 0 Å². The summed E-state index contributed by atoms with van der Waals surface area (Å²) in [4.78, 5) is 6.35. The average Bonchev–Trinajstić information content (AvgIpc) is 2.16. The molecule has 1 atom stereocenters. The number of hydrogen-bond acceptors (Lipinski definition) is 3. The SMILES string of the molecule is CC(N)CCN(C)Cc1cccnc1. The summed E-state index contributed by atoms with van der Waals surface area (Å²) in [5, 5.41) is 0. The first kappa shape index (κ1) is 11.1. The Labute approximate surface area is 85.9 Å². The van der Waals surface area contributed by atoms with Gasteiger partial charge in [0.15, 0.2) is 0 Å². The maximum atomic E-state index is 5.70. The van der Waals surface area contributed by atoms with Crippen LogP contribution in [0.2, 0.25) is 0 Å². The van der Waals surface area contributed by atoms with Gasteiger partial charge in [0, 0.05) is 25.0 Å². The Morgan fingerprint density at radius 2 is 2.36 bits per heavy atom. The minimum Gasteiger partial charge on any atom is -0.328 e. The highest BCUT2D eigenvalue weighted by atomic mass is 15.1. The second-order valence-electron chi connectivity index (χ2n) is 3.87. The van der Waals surface area contributed by atoms with E-state index in [4.69, 9.17) is 5.73 Å². The van der Waals surface area contributed by atoms with Crippen molar-refractivity contribution in [3.05, 3.63) is 30.1 Å². The standard InChI is InChI=1S/C11H19N3/c1-10(12)5-7-14(2)9-11-4-3-6-13-8-11/h3-4,6,8,10H,5,7,9,12H2,1-2H3. The Balaban J connectivity index is 2.30. The van der Waals surface area contributed by atoms with Gasteiger partial charge in [-0.05, 0) is 38.6 Å². The second kappa shape index (κ2) is 5.73. The quantitative estimate of drug-likeness (QED) is 0.765. The van der Waals surface area contributed by atoms with E-state index in [-0.39, 0.29) is 6.04 Å². The summed E-state index contributed by atoms with van der Waals surface area (Å²) < 4.78 is 0. The summed E-state index contributed by atoms with van der Waals surface area (Å²) in [6.07, 6.45) is 4.74. The number of nitrogens with two attached hydrogens (primary N) is 1. The molecule has 14 heavy (non-hydrogen) atoms. The lowest BCUT2D eigenvalue weighted by Crippen LogP contribution is -2.25. The van der Waals surface area contributed by atoms with Gasteiger partial charge in [0.2, 0.25) is 0 Å². The molecular formula is C11H19N3. The van der Waals surface area contributed by atoms with Crippen molar-refractivity contribution in [2.75, 3.05) is 13.6 Å². The van der Waals surface area contributed by atoms with Gasteiger partial charge in [-0.3, -0.25) is 4.98 Å². The third-order valence-corrected chi connectivity index (χ3v) is 2.14. The number of hydrogen-bond donors (Lipinski definition) is 1. The van der Waals surface area contributed by atoms with Crippen molar-refractivity contribution < 1.29 is 0 Å². The van der Waals surface area contributed by atoms with Crippen LogP contribution in [-0.4, -0.2) is 29.5 Å². The van der Waals surface area contributed by atoms with Crippen LogP contribution in [0.1, 0.15) is 18.9 Å². The van der Waals surface area contributed by atoms with Crippen LogP contribution in [0, 0.1) is 0 Å². The van der Waals surface area contributed by atoms with Gasteiger partial charge in [-0.25, -0.2) is 0 Å². The van der Waals surface area contributed by atoms with Crippen LogP contribution in [0.3, 0.4) is 0 Å². The molecule has 0 saturated carbocycles. The van der Waals surface area contributed by atoms with E-state index in [0.717, 1.165) is 19.5 Å². The number of nitrogens with zero attached hydrogens (tertiary/aromatic N) is 2. The molecule has 3 nitrogen and oxygen atoms in total. The molecule has 0 radical (unpaired) electrons. The third-order valence-electron chi connectivity index (χ3n) is 2.14. The molecule has 78 valence electrons. The molecule has 0 aromatic carbocycles. The molecule has 0 amide bonds. The van der Waals surface area contributed by atoms with Crippen molar-refractivity contribution in [2.24, 2.45) is 5.73 Å². The monoisotopic (exact) mass is 193 g/mol. The highest BCUT2D eigenvalue weighted by Crippen LogP contribution is 2.01. The van der Waals surface area contributed by atoms with Crippen LogP contribution in [0.5, 0.6) is 0 Å². The summed E-state index contributed by atoms with van der Waals surface area (Å²) in [6, 6.07) is 4.34. The number of rotatable bonds is 5. The highest BCUT2D eigenvalue weighted by molar-refractivity contribution is 5.07. The maximum Gasteiger partial charge on any atom is 0.0312 e. The molecule has 3 heteroatoms. The van der Waals surface area contributed by atoms with Crippen molar-refractivity contribution in [3.8, 4) is 0 Å². The minimum absolute atomic E-state index is 0.284. The Bertz CT molecular complexity index is 246. The zero-order valence-corrected chi connectivity index (χ0v) is 8.98. The van der Waals surface area contributed by atoms with Crippen LogP contribution in [0.4, 0.5) is 0 Å². The molecule has 0 saturated heterocycles. The molecule has 1 aromatic rings. The molecule has 0 bridgehead atoms. The van der Waals surface area contributed by atoms with E-state index in [2.05, 4.69) is 23.0 Å². The molecule has 1 aromatic heterocycles. The van der Waals surface area contributed by atoms with Gasteiger partial charge < -0.3 is 10.6 Å². The Morgan fingerprint density at radius 3 is 2.93 bits per heavy atom. The molecule has 1 unspecified atom stereocenters. The number of pyridine rings is 1. The highest BCUT2D eigenvalue weighted by Gasteiger charge is 2.01. The molecule has 0 aliphatic heterocycles. The first-order chi connectivity index (χ1) is 6.68. The van der Waals surface area contributed by atoms with Gasteiger partial charge in [-0.1, -0.05) is 6.07 Å². The van der Waals surface area contributed by atoms with Crippen molar-refractivity contribution in [1.29, 1.82) is 0 Å². The van der Waals surface area contributed by atoms with E-state index >= 15 is 0 Å². The largest absolute Gasteiger partial charge is 0.328 e. The van der Waals surface area contributed by atoms with Crippen LogP contribution >= 0.6 is 0 Å². The van der Waals surface area contributed by atoms with Crippen LogP contribution in [-0.2, 0) is 6.54 Å². The molecule has 0 aliphatic rings. The zero-order chi connectivity index (χ0) is 10.4. The fourth-order valence-electron chi connectivity index (χ4n) is 1.31. The Kier molecular flexibility index (Phi) is 4.56. The lowest BCUT2D eigenvalue weighted by atomic mass is 10.2. The lowest BCUT2D eigenvalue weighted by Gasteiger charge is -2.17. The van der Waals surface area contributed by atoms with E-state index < -0.39 is 0 Å². The van der Waals surface area contributed by atoms with Crippen molar-refractivity contribution >= 4 is 0 Å². The first-order valence-electron chi connectivity index (χ1n) is 5.01. The molecular weight excluding hydrogens is 174 g/mol.